The zero-order valence-corrected chi connectivity index (χ0v) is 22.1. The molecule has 0 aliphatic rings. The van der Waals surface area contributed by atoms with E-state index in [-0.39, 0.29) is 5.97 Å². The number of hydrogen-bond donors (Lipinski definition) is 0. The van der Waals surface area contributed by atoms with Crippen LogP contribution in [0, 0.1) is 10.7 Å². The Morgan fingerprint density at radius 2 is 1.38 bits per heavy atom. The van der Waals surface area contributed by atoms with Crippen LogP contribution in [0.5, 0.6) is 0 Å². The maximum Gasteiger partial charge on any atom is 0.339 e. The fraction of sp³-hybridized carbons (Fsp3) is 0.174. The largest absolute Gasteiger partial charge is 0.461 e. The number of benzene rings is 3. The highest BCUT2D eigenvalue weighted by Crippen LogP contribution is 2.23. The zero-order chi connectivity index (χ0) is 20.6. The molecule has 0 saturated carbocycles. The van der Waals surface area contributed by atoms with Crippen LogP contribution in [0.2, 0.25) is 0 Å². The Hall–Kier alpha value is -0.720. The predicted octanol–water partition coefficient (Wildman–Crippen LogP) is 6.36. The van der Waals surface area contributed by atoms with E-state index in [2.05, 4.69) is 127 Å². The number of halogens is 3. The summed E-state index contributed by atoms with van der Waals surface area (Å²) in [6.07, 6.45) is 0. The van der Waals surface area contributed by atoms with Crippen LogP contribution in [0.1, 0.15) is 21.5 Å². The molecule has 0 saturated heterocycles. The van der Waals surface area contributed by atoms with Crippen molar-refractivity contribution in [2.75, 3.05) is 13.2 Å². The van der Waals surface area contributed by atoms with Gasteiger partial charge in [-0.2, -0.15) is 0 Å². The molecule has 29 heavy (non-hydrogen) atoms. The van der Waals surface area contributed by atoms with E-state index in [1.165, 1.54) is 11.1 Å². The Morgan fingerprint density at radius 3 is 1.93 bits per heavy atom. The van der Waals surface area contributed by atoms with Crippen molar-refractivity contribution in [2.45, 2.75) is 13.1 Å². The van der Waals surface area contributed by atoms with E-state index in [1.807, 2.05) is 18.2 Å². The number of nitrogens with zero attached hydrogens (tertiary/aromatic N) is 1. The summed E-state index contributed by atoms with van der Waals surface area (Å²) in [5.41, 5.74) is 3.13. The summed E-state index contributed by atoms with van der Waals surface area (Å²) in [4.78, 5) is 14.9. The molecule has 3 nitrogen and oxygen atoms in total. The third kappa shape index (κ3) is 7.18. The van der Waals surface area contributed by atoms with Gasteiger partial charge in [0.15, 0.2) is 0 Å². The fourth-order valence-electron chi connectivity index (χ4n) is 2.95. The molecule has 0 amide bonds. The van der Waals surface area contributed by atoms with Crippen molar-refractivity contribution in [3.8, 4) is 0 Å². The summed E-state index contributed by atoms with van der Waals surface area (Å²) in [6.45, 7) is 2.65. The maximum absolute atomic E-state index is 12.6. The zero-order valence-electron chi connectivity index (χ0n) is 15.7. The molecule has 0 N–H and O–H groups in total. The van der Waals surface area contributed by atoms with E-state index in [0.717, 1.165) is 23.8 Å². The summed E-state index contributed by atoms with van der Waals surface area (Å²) in [7, 11) is 0. The first kappa shape index (κ1) is 23.0. The van der Waals surface area contributed by atoms with Crippen molar-refractivity contribution < 1.29 is 9.53 Å². The summed E-state index contributed by atoms with van der Waals surface area (Å²) in [5, 5.41) is 0. The molecule has 0 bridgehead atoms. The van der Waals surface area contributed by atoms with Gasteiger partial charge in [-0.1, -0.05) is 60.7 Å². The highest BCUT2D eigenvalue weighted by molar-refractivity contribution is 14.1. The van der Waals surface area contributed by atoms with Crippen LogP contribution in [-0.4, -0.2) is 24.0 Å². The van der Waals surface area contributed by atoms with Gasteiger partial charge in [0.2, 0.25) is 0 Å². The Bertz CT molecular complexity index is 908. The molecule has 0 radical (unpaired) electrons. The third-order valence-corrected chi connectivity index (χ3v) is 8.02. The molecule has 3 rings (SSSR count). The van der Waals surface area contributed by atoms with Gasteiger partial charge in [-0.15, -0.1) is 0 Å². The number of esters is 1. The Balaban J connectivity index is 1.64. The van der Waals surface area contributed by atoms with Crippen LogP contribution in [0.3, 0.4) is 0 Å². The first-order valence-electron chi connectivity index (χ1n) is 9.15. The summed E-state index contributed by atoms with van der Waals surface area (Å²) < 4.78 is 8.68. The van der Waals surface area contributed by atoms with Crippen molar-refractivity contribution in [3.63, 3.8) is 0 Å². The van der Waals surface area contributed by atoms with Gasteiger partial charge < -0.3 is 4.74 Å². The lowest BCUT2D eigenvalue weighted by atomic mass is 10.1. The molecular formula is C23H20I3NO2. The van der Waals surface area contributed by atoms with Gasteiger partial charge in [-0.3, -0.25) is 4.90 Å². The van der Waals surface area contributed by atoms with E-state index in [1.54, 1.807) is 0 Å². The molecule has 0 aliphatic carbocycles. The van der Waals surface area contributed by atoms with Gasteiger partial charge in [0.25, 0.3) is 0 Å². The number of ether oxygens (including phenoxy) is 1. The minimum Gasteiger partial charge on any atom is -0.461 e. The number of carbonyl (C=O) groups excluding carboxylic acids is 1. The van der Waals surface area contributed by atoms with Crippen molar-refractivity contribution >= 4 is 73.7 Å². The lowest BCUT2D eigenvalue weighted by molar-refractivity contribution is 0.0452. The van der Waals surface area contributed by atoms with Crippen molar-refractivity contribution in [2.24, 2.45) is 0 Å². The highest BCUT2D eigenvalue weighted by Gasteiger charge is 2.16. The average Bonchev–Trinajstić information content (AvgIpc) is 2.72. The molecule has 0 unspecified atom stereocenters. The fourth-order valence-corrected chi connectivity index (χ4v) is 5.32. The van der Waals surface area contributed by atoms with E-state index in [0.29, 0.717) is 18.7 Å². The molecule has 3 aromatic carbocycles. The normalized spacial score (nSPS) is 10.9. The van der Waals surface area contributed by atoms with E-state index >= 15 is 0 Å². The summed E-state index contributed by atoms with van der Waals surface area (Å²) >= 11 is 6.69. The Labute approximate surface area is 212 Å². The first-order chi connectivity index (χ1) is 14.0. The molecule has 150 valence electrons. The molecule has 0 aliphatic heterocycles. The molecule has 6 heteroatoms. The molecule has 0 atom stereocenters. The van der Waals surface area contributed by atoms with Crippen LogP contribution in [0.15, 0.2) is 72.8 Å². The average molecular weight is 723 g/mol. The molecule has 0 aromatic heterocycles. The maximum atomic E-state index is 12.6. The second-order valence-corrected chi connectivity index (χ2v) is 10.1. The number of rotatable bonds is 8. The van der Waals surface area contributed by atoms with Gasteiger partial charge in [-0.05, 0) is 91.0 Å². The summed E-state index contributed by atoms with van der Waals surface area (Å²) in [5.74, 6) is -0.259. The lowest BCUT2D eigenvalue weighted by Crippen LogP contribution is -2.28. The first-order valence-corrected chi connectivity index (χ1v) is 12.4. The van der Waals surface area contributed by atoms with Crippen molar-refractivity contribution in [1.82, 2.24) is 4.90 Å². The van der Waals surface area contributed by atoms with E-state index in [4.69, 9.17) is 4.74 Å². The van der Waals surface area contributed by atoms with Gasteiger partial charge in [0.05, 0.1) is 5.56 Å². The molecule has 0 heterocycles. The quantitative estimate of drug-likeness (QED) is 0.154. The molecular weight excluding hydrogens is 703 g/mol. The predicted molar refractivity (Wildman–Crippen MR) is 142 cm³/mol. The Morgan fingerprint density at radius 1 is 0.828 bits per heavy atom. The molecule has 0 spiro atoms. The van der Waals surface area contributed by atoms with Crippen LogP contribution >= 0.6 is 67.8 Å². The van der Waals surface area contributed by atoms with Crippen LogP contribution in [0.25, 0.3) is 0 Å². The Kier molecular flexibility index (Phi) is 9.19. The van der Waals surface area contributed by atoms with E-state index < -0.39 is 0 Å². The van der Waals surface area contributed by atoms with Crippen molar-refractivity contribution in [1.29, 1.82) is 0 Å². The van der Waals surface area contributed by atoms with Crippen LogP contribution in [-0.2, 0) is 17.8 Å². The molecule has 0 fully saturated rings. The lowest BCUT2D eigenvalue weighted by Gasteiger charge is -2.22. The highest BCUT2D eigenvalue weighted by atomic mass is 127. The van der Waals surface area contributed by atoms with Gasteiger partial charge in [0.1, 0.15) is 6.61 Å². The van der Waals surface area contributed by atoms with Crippen molar-refractivity contribution in [3.05, 3.63) is 100 Å². The van der Waals surface area contributed by atoms with E-state index in [9.17, 15) is 4.79 Å². The van der Waals surface area contributed by atoms with Crippen LogP contribution in [0.4, 0.5) is 0 Å². The minimum absolute atomic E-state index is 0.259. The summed E-state index contributed by atoms with van der Waals surface area (Å²) in [6, 6.07) is 24.7. The second kappa shape index (κ2) is 11.6. The minimum atomic E-state index is -0.259. The second-order valence-electron chi connectivity index (χ2n) is 6.57. The third-order valence-electron chi connectivity index (χ3n) is 4.35. The monoisotopic (exact) mass is 723 g/mol. The standard InChI is InChI=1S/C23H20I3NO2/c24-19-13-20(22(26)21(25)14-19)23(28)29-12-11-27(15-17-7-3-1-4-8-17)16-18-9-5-2-6-10-18/h1-10,13-14H,11-12,15-16H2. The van der Waals surface area contributed by atoms with Crippen LogP contribution < -0.4 is 0 Å². The smallest absolute Gasteiger partial charge is 0.339 e. The number of carbonyl (C=O) groups is 1. The number of hydrogen-bond acceptors (Lipinski definition) is 3. The topological polar surface area (TPSA) is 29.5 Å². The molecule has 3 aromatic rings. The van der Waals surface area contributed by atoms with Gasteiger partial charge in [-0.25, -0.2) is 4.79 Å². The van der Waals surface area contributed by atoms with Gasteiger partial charge >= 0.3 is 5.97 Å². The SMILES string of the molecule is O=C(OCCN(Cc1ccccc1)Cc1ccccc1)c1cc(I)cc(I)c1I. The van der Waals surface area contributed by atoms with Gasteiger partial charge in [0, 0.05) is 30.3 Å².